The average molecular weight is 331 g/mol. The number of phenolic OH excluding ortho intramolecular Hbond substituents is 1. The molecule has 0 radical (unpaired) electrons. The zero-order valence-electron chi connectivity index (χ0n) is 13.5. The molecule has 1 N–H and O–H groups in total. The molecule has 1 aromatic heterocycles. The maximum atomic E-state index is 10.9. The van der Waals surface area contributed by atoms with Crippen LogP contribution < -0.4 is 4.57 Å². The molecule has 0 spiro atoms. The van der Waals surface area contributed by atoms with E-state index in [4.69, 9.17) is 0 Å². The Labute approximate surface area is 143 Å². The van der Waals surface area contributed by atoms with Crippen molar-refractivity contribution in [2.24, 2.45) is 7.05 Å². The molecule has 0 unspecified atom stereocenters. The Balaban J connectivity index is 2.12. The number of nitro groups is 1. The van der Waals surface area contributed by atoms with E-state index < -0.39 is 4.92 Å². The summed E-state index contributed by atoms with van der Waals surface area (Å²) in [7, 11) is 1.96. The zero-order valence-corrected chi connectivity index (χ0v) is 13.5. The van der Waals surface area contributed by atoms with Gasteiger partial charge in [0.15, 0.2) is 0 Å². The minimum Gasteiger partial charge on any atom is -0.508 e. The van der Waals surface area contributed by atoms with Crippen molar-refractivity contribution in [2.75, 3.05) is 0 Å². The van der Waals surface area contributed by atoms with E-state index in [0.717, 1.165) is 32.9 Å². The van der Waals surface area contributed by atoms with E-state index in [0.29, 0.717) is 0 Å². The predicted molar refractivity (Wildman–Crippen MR) is 96.4 cm³/mol. The third-order valence-corrected chi connectivity index (χ3v) is 4.50. The van der Waals surface area contributed by atoms with E-state index in [9.17, 15) is 15.2 Å². The summed E-state index contributed by atoms with van der Waals surface area (Å²) < 4.78 is 2.05. The van der Waals surface area contributed by atoms with Crippen molar-refractivity contribution in [1.29, 1.82) is 0 Å². The molecule has 0 aliphatic rings. The number of aromatic hydroxyl groups is 1. The number of non-ortho nitro benzene ring substituents is 1. The molecular weight excluding hydrogens is 316 g/mol. The summed E-state index contributed by atoms with van der Waals surface area (Å²) in [5.74, 6) is 0.186. The van der Waals surface area contributed by atoms with Gasteiger partial charge in [-0.3, -0.25) is 10.1 Å². The number of nitrogens with zero attached hydrogens (tertiary/aromatic N) is 2. The third kappa shape index (κ3) is 2.37. The zero-order chi connectivity index (χ0) is 17.6. The number of aryl methyl sites for hydroxylation is 1. The number of rotatable bonds is 2. The highest BCUT2D eigenvalue weighted by Gasteiger charge is 2.21. The summed E-state index contributed by atoms with van der Waals surface area (Å²) in [5.41, 5.74) is 2.86. The SMILES string of the molecule is C[n+]1c(-c2ccc([N+](=O)[O-])cc2)c2cc(O)ccc2c2ccccc21. The van der Waals surface area contributed by atoms with Gasteiger partial charge in [0.05, 0.1) is 15.7 Å². The molecule has 0 aliphatic heterocycles. The van der Waals surface area contributed by atoms with Gasteiger partial charge in [-0.05, 0) is 36.4 Å². The van der Waals surface area contributed by atoms with Crippen molar-refractivity contribution in [3.63, 3.8) is 0 Å². The number of hydrogen-bond acceptors (Lipinski definition) is 3. The van der Waals surface area contributed by atoms with E-state index in [1.54, 1.807) is 24.3 Å². The molecule has 0 saturated heterocycles. The van der Waals surface area contributed by atoms with E-state index in [1.165, 1.54) is 12.1 Å². The van der Waals surface area contributed by atoms with Crippen LogP contribution in [-0.4, -0.2) is 10.0 Å². The standard InChI is InChI=1S/C20H14N2O3/c1-21-19-5-3-2-4-17(19)16-11-10-15(23)12-18(16)20(21)13-6-8-14(9-7-13)22(24)25/h2-12H,1H3/p+1. The highest BCUT2D eigenvalue weighted by Crippen LogP contribution is 2.33. The number of phenols is 1. The number of aromatic nitrogens is 1. The first-order chi connectivity index (χ1) is 12.1. The van der Waals surface area contributed by atoms with Crippen LogP contribution in [0.2, 0.25) is 0 Å². The van der Waals surface area contributed by atoms with Crippen LogP contribution in [0.25, 0.3) is 32.9 Å². The van der Waals surface area contributed by atoms with E-state index >= 15 is 0 Å². The Morgan fingerprint density at radius 1 is 0.920 bits per heavy atom. The minimum atomic E-state index is -0.409. The molecule has 0 saturated carbocycles. The highest BCUT2D eigenvalue weighted by molar-refractivity contribution is 6.09. The van der Waals surface area contributed by atoms with Gasteiger partial charge in [0.1, 0.15) is 12.8 Å². The van der Waals surface area contributed by atoms with E-state index in [2.05, 4.69) is 4.57 Å². The van der Waals surface area contributed by atoms with Crippen LogP contribution >= 0.6 is 0 Å². The van der Waals surface area contributed by atoms with Crippen molar-refractivity contribution >= 4 is 27.4 Å². The largest absolute Gasteiger partial charge is 0.508 e. The molecule has 4 aromatic rings. The first-order valence-electron chi connectivity index (χ1n) is 7.84. The van der Waals surface area contributed by atoms with Crippen molar-refractivity contribution < 1.29 is 14.6 Å². The Bertz CT molecular complexity index is 1140. The summed E-state index contributed by atoms with van der Waals surface area (Å²) in [6.07, 6.45) is 0. The Kier molecular flexibility index (Phi) is 3.35. The second kappa shape index (κ2) is 5.56. The van der Waals surface area contributed by atoms with Crippen LogP contribution in [-0.2, 0) is 7.05 Å². The molecule has 5 heteroatoms. The van der Waals surface area contributed by atoms with Crippen LogP contribution in [0, 0.1) is 10.1 Å². The molecule has 4 rings (SSSR count). The van der Waals surface area contributed by atoms with Gasteiger partial charge in [0.25, 0.3) is 5.69 Å². The molecular formula is C20H15N2O3+. The molecule has 0 bridgehead atoms. The lowest BCUT2D eigenvalue weighted by atomic mass is 9.99. The van der Waals surface area contributed by atoms with Crippen LogP contribution in [0.15, 0.2) is 66.7 Å². The van der Waals surface area contributed by atoms with Gasteiger partial charge < -0.3 is 5.11 Å². The van der Waals surface area contributed by atoms with Gasteiger partial charge in [-0.25, -0.2) is 0 Å². The van der Waals surface area contributed by atoms with Gasteiger partial charge in [-0.2, -0.15) is 4.57 Å². The second-order valence-electron chi connectivity index (χ2n) is 5.96. The minimum absolute atomic E-state index is 0.0549. The van der Waals surface area contributed by atoms with Gasteiger partial charge in [0, 0.05) is 29.1 Å². The number of fused-ring (bicyclic) bond motifs is 3. The molecule has 25 heavy (non-hydrogen) atoms. The van der Waals surface area contributed by atoms with Gasteiger partial charge in [0.2, 0.25) is 11.2 Å². The van der Waals surface area contributed by atoms with Crippen LogP contribution in [0.1, 0.15) is 0 Å². The molecule has 3 aromatic carbocycles. The maximum Gasteiger partial charge on any atom is 0.269 e. The summed E-state index contributed by atoms with van der Waals surface area (Å²) >= 11 is 0. The summed E-state index contributed by atoms with van der Waals surface area (Å²) in [6.45, 7) is 0. The average Bonchev–Trinajstić information content (AvgIpc) is 2.62. The van der Waals surface area contributed by atoms with Crippen molar-refractivity contribution in [1.82, 2.24) is 0 Å². The first-order valence-corrected chi connectivity index (χ1v) is 7.84. The first kappa shape index (κ1) is 15.1. The molecule has 0 fully saturated rings. The number of benzene rings is 3. The fraction of sp³-hybridized carbons (Fsp3) is 0.0500. The summed E-state index contributed by atoms with van der Waals surface area (Å²) in [5, 5.41) is 23.9. The van der Waals surface area contributed by atoms with Crippen molar-refractivity contribution in [3.05, 3.63) is 76.8 Å². The summed E-state index contributed by atoms with van der Waals surface area (Å²) in [4.78, 5) is 10.5. The lowest BCUT2D eigenvalue weighted by Crippen LogP contribution is -2.32. The molecule has 1 heterocycles. The van der Waals surface area contributed by atoms with Gasteiger partial charge in [-0.15, -0.1) is 0 Å². The number of hydrogen-bond donors (Lipinski definition) is 1. The number of para-hydroxylation sites is 1. The quantitative estimate of drug-likeness (QED) is 0.260. The monoisotopic (exact) mass is 331 g/mol. The Morgan fingerprint density at radius 3 is 2.36 bits per heavy atom. The fourth-order valence-electron chi connectivity index (χ4n) is 3.35. The lowest BCUT2D eigenvalue weighted by Gasteiger charge is -2.09. The van der Waals surface area contributed by atoms with E-state index in [-0.39, 0.29) is 11.4 Å². The number of pyridine rings is 1. The maximum absolute atomic E-state index is 10.9. The third-order valence-electron chi connectivity index (χ3n) is 4.50. The van der Waals surface area contributed by atoms with Crippen LogP contribution in [0.4, 0.5) is 5.69 Å². The molecule has 0 atom stereocenters. The fourth-order valence-corrected chi connectivity index (χ4v) is 3.35. The normalized spacial score (nSPS) is 11.1. The van der Waals surface area contributed by atoms with Crippen LogP contribution in [0.3, 0.4) is 0 Å². The van der Waals surface area contributed by atoms with Crippen LogP contribution in [0.5, 0.6) is 5.75 Å². The molecule has 0 aliphatic carbocycles. The molecule has 0 amide bonds. The Hall–Kier alpha value is -3.47. The van der Waals surface area contributed by atoms with Gasteiger partial charge in [-0.1, -0.05) is 12.1 Å². The highest BCUT2D eigenvalue weighted by atomic mass is 16.6. The van der Waals surface area contributed by atoms with E-state index in [1.807, 2.05) is 37.4 Å². The van der Waals surface area contributed by atoms with Crippen molar-refractivity contribution in [2.45, 2.75) is 0 Å². The topological polar surface area (TPSA) is 67.2 Å². The second-order valence-corrected chi connectivity index (χ2v) is 5.96. The Morgan fingerprint density at radius 2 is 1.64 bits per heavy atom. The lowest BCUT2D eigenvalue weighted by molar-refractivity contribution is -0.632. The summed E-state index contributed by atoms with van der Waals surface area (Å²) in [6, 6.07) is 19.9. The number of nitro benzene ring substituents is 1. The van der Waals surface area contributed by atoms with Gasteiger partial charge >= 0.3 is 0 Å². The smallest absolute Gasteiger partial charge is 0.269 e. The molecule has 5 nitrogen and oxygen atoms in total. The predicted octanol–water partition coefficient (Wildman–Crippen LogP) is 4.10. The molecule has 122 valence electrons. The van der Waals surface area contributed by atoms with Crippen molar-refractivity contribution in [3.8, 4) is 17.0 Å².